The zero-order valence-corrected chi connectivity index (χ0v) is 12.2. The van der Waals surface area contributed by atoms with Crippen LogP contribution in [0, 0.1) is 6.92 Å². The van der Waals surface area contributed by atoms with Gasteiger partial charge in [-0.05, 0) is 41.9 Å². The number of aryl methyl sites for hydroxylation is 1. The van der Waals surface area contributed by atoms with Crippen LogP contribution in [-0.4, -0.2) is 22.2 Å². The molecule has 0 saturated carbocycles. The van der Waals surface area contributed by atoms with Gasteiger partial charge in [0.2, 0.25) is 0 Å². The van der Waals surface area contributed by atoms with Crippen molar-refractivity contribution in [2.45, 2.75) is 20.0 Å². The van der Waals surface area contributed by atoms with Crippen molar-refractivity contribution in [3.05, 3.63) is 40.5 Å². The van der Waals surface area contributed by atoms with Crippen LogP contribution in [-0.2, 0) is 4.79 Å². The molecule has 0 radical (unpaired) electrons. The molecule has 0 fully saturated rings. The monoisotopic (exact) mass is 323 g/mol. The molecule has 6 heteroatoms. The van der Waals surface area contributed by atoms with Gasteiger partial charge in [-0.15, -0.1) is 0 Å². The molecule has 5 nitrogen and oxygen atoms in total. The van der Waals surface area contributed by atoms with Crippen molar-refractivity contribution >= 4 is 27.7 Å². The maximum atomic E-state index is 11.9. The van der Waals surface area contributed by atoms with E-state index >= 15 is 0 Å². The van der Waals surface area contributed by atoms with Crippen molar-refractivity contribution in [2.75, 3.05) is 5.32 Å². The molecule has 2 N–H and O–H groups in total. The quantitative estimate of drug-likeness (QED) is 0.909. The lowest BCUT2D eigenvalue weighted by atomic mass is 10.3. The van der Waals surface area contributed by atoms with Gasteiger partial charge in [-0.25, -0.2) is 0 Å². The number of ether oxygens (including phenoxy) is 1. The van der Waals surface area contributed by atoms with E-state index in [1.54, 1.807) is 19.1 Å². The number of nitrogens with one attached hydrogen (secondary N) is 2. The average molecular weight is 324 g/mol. The number of benzene rings is 1. The summed E-state index contributed by atoms with van der Waals surface area (Å²) in [6.45, 7) is 3.55. The Morgan fingerprint density at radius 3 is 2.84 bits per heavy atom. The minimum atomic E-state index is -0.615. The molecule has 2 aromatic rings. The Morgan fingerprint density at radius 2 is 2.21 bits per heavy atom. The van der Waals surface area contributed by atoms with Crippen LogP contribution in [0.15, 0.2) is 34.8 Å². The maximum absolute atomic E-state index is 11.9. The van der Waals surface area contributed by atoms with Gasteiger partial charge in [-0.3, -0.25) is 9.89 Å². The minimum absolute atomic E-state index is 0.248. The molecule has 0 saturated heterocycles. The lowest BCUT2D eigenvalue weighted by Crippen LogP contribution is -2.30. The van der Waals surface area contributed by atoms with Crippen LogP contribution < -0.4 is 10.1 Å². The van der Waals surface area contributed by atoms with Gasteiger partial charge in [0.1, 0.15) is 5.75 Å². The number of para-hydroxylation sites is 1. The second-order valence-corrected chi connectivity index (χ2v) is 4.97. The third-order valence-electron chi connectivity index (χ3n) is 2.47. The largest absolute Gasteiger partial charge is 0.480 e. The molecule has 0 bridgehead atoms. The minimum Gasteiger partial charge on any atom is -0.480 e. The van der Waals surface area contributed by atoms with Gasteiger partial charge in [0.05, 0.1) is 4.47 Å². The van der Waals surface area contributed by atoms with Gasteiger partial charge < -0.3 is 10.1 Å². The summed E-state index contributed by atoms with van der Waals surface area (Å²) in [5.74, 6) is 0.871. The fourth-order valence-corrected chi connectivity index (χ4v) is 1.87. The second-order valence-electron chi connectivity index (χ2n) is 4.12. The molecule has 1 unspecified atom stereocenters. The molecule has 1 atom stereocenters. The molecule has 1 heterocycles. The summed E-state index contributed by atoms with van der Waals surface area (Å²) in [5.41, 5.74) is 0.884. The van der Waals surface area contributed by atoms with Crippen molar-refractivity contribution in [1.29, 1.82) is 0 Å². The first kappa shape index (κ1) is 13.6. The van der Waals surface area contributed by atoms with Gasteiger partial charge >= 0.3 is 0 Å². The standard InChI is InChI=1S/C13H14BrN3O2/c1-8-7-12(17-16-8)15-13(18)9(2)19-11-6-4-3-5-10(11)14/h3-7,9H,1-2H3,(H2,15,16,17,18). The lowest BCUT2D eigenvalue weighted by molar-refractivity contribution is -0.122. The summed E-state index contributed by atoms with van der Waals surface area (Å²) in [7, 11) is 0. The normalized spacial score (nSPS) is 11.9. The van der Waals surface area contributed by atoms with Crippen LogP contribution in [0.25, 0.3) is 0 Å². The Balaban J connectivity index is 1.98. The van der Waals surface area contributed by atoms with E-state index in [4.69, 9.17) is 4.74 Å². The Hall–Kier alpha value is -1.82. The Bertz CT molecular complexity index is 583. The fraction of sp³-hybridized carbons (Fsp3) is 0.231. The number of halogens is 1. The third kappa shape index (κ3) is 3.57. The summed E-state index contributed by atoms with van der Waals surface area (Å²) in [5, 5.41) is 9.38. The summed E-state index contributed by atoms with van der Waals surface area (Å²) in [4.78, 5) is 11.9. The summed E-state index contributed by atoms with van der Waals surface area (Å²) >= 11 is 3.37. The number of nitrogens with zero attached hydrogens (tertiary/aromatic N) is 1. The van der Waals surface area contributed by atoms with E-state index in [1.807, 2.05) is 25.1 Å². The van der Waals surface area contributed by atoms with Gasteiger partial charge in [-0.2, -0.15) is 5.10 Å². The first-order valence-electron chi connectivity index (χ1n) is 5.80. The smallest absolute Gasteiger partial charge is 0.266 e. The average Bonchev–Trinajstić information content (AvgIpc) is 2.77. The molecule has 0 aliphatic heterocycles. The second kappa shape index (κ2) is 5.88. The molecule has 1 amide bonds. The van der Waals surface area contributed by atoms with E-state index in [9.17, 15) is 4.79 Å². The summed E-state index contributed by atoms with van der Waals surface area (Å²) in [6, 6.07) is 9.14. The summed E-state index contributed by atoms with van der Waals surface area (Å²) in [6.07, 6.45) is -0.615. The van der Waals surface area contributed by atoms with Gasteiger partial charge in [0.25, 0.3) is 5.91 Å². The van der Waals surface area contributed by atoms with E-state index in [1.165, 1.54) is 0 Å². The number of carbonyl (C=O) groups is 1. The van der Waals surface area contributed by atoms with Crippen LogP contribution in [0.3, 0.4) is 0 Å². The lowest BCUT2D eigenvalue weighted by Gasteiger charge is -2.14. The molecule has 19 heavy (non-hydrogen) atoms. The topological polar surface area (TPSA) is 67.0 Å². The highest BCUT2D eigenvalue weighted by Gasteiger charge is 2.16. The maximum Gasteiger partial charge on any atom is 0.266 e. The first-order chi connectivity index (χ1) is 9.06. The third-order valence-corrected chi connectivity index (χ3v) is 3.12. The number of hydrogen-bond acceptors (Lipinski definition) is 3. The number of hydrogen-bond donors (Lipinski definition) is 2. The highest BCUT2D eigenvalue weighted by Crippen LogP contribution is 2.24. The Labute approximate surface area is 119 Å². The van der Waals surface area contributed by atoms with Crippen molar-refractivity contribution in [1.82, 2.24) is 10.2 Å². The number of aromatic nitrogens is 2. The molecule has 0 spiro atoms. The summed E-state index contributed by atoms with van der Waals surface area (Å²) < 4.78 is 6.40. The van der Waals surface area contributed by atoms with Crippen LogP contribution in [0.2, 0.25) is 0 Å². The molecule has 2 rings (SSSR count). The van der Waals surface area contributed by atoms with Crippen LogP contribution in [0.1, 0.15) is 12.6 Å². The van der Waals surface area contributed by atoms with Gasteiger partial charge in [-0.1, -0.05) is 12.1 Å². The van der Waals surface area contributed by atoms with Gasteiger partial charge in [0, 0.05) is 11.8 Å². The molecule has 1 aromatic carbocycles. The number of anilines is 1. The van der Waals surface area contributed by atoms with Crippen LogP contribution in [0.4, 0.5) is 5.82 Å². The Morgan fingerprint density at radius 1 is 1.47 bits per heavy atom. The van der Waals surface area contributed by atoms with E-state index < -0.39 is 6.10 Å². The number of carbonyl (C=O) groups excluding carboxylic acids is 1. The molecule has 0 aliphatic carbocycles. The number of aromatic amines is 1. The van der Waals surface area contributed by atoms with E-state index in [0.29, 0.717) is 11.6 Å². The highest BCUT2D eigenvalue weighted by molar-refractivity contribution is 9.10. The van der Waals surface area contributed by atoms with E-state index in [2.05, 4.69) is 31.4 Å². The van der Waals surface area contributed by atoms with E-state index in [-0.39, 0.29) is 5.91 Å². The van der Waals surface area contributed by atoms with Crippen molar-refractivity contribution in [3.8, 4) is 5.75 Å². The zero-order valence-electron chi connectivity index (χ0n) is 10.6. The predicted octanol–water partition coefficient (Wildman–Crippen LogP) is 2.89. The fourth-order valence-electron chi connectivity index (χ4n) is 1.49. The Kier molecular flexibility index (Phi) is 4.21. The molecular weight excluding hydrogens is 310 g/mol. The van der Waals surface area contributed by atoms with Crippen molar-refractivity contribution < 1.29 is 9.53 Å². The highest BCUT2D eigenvalue weighted by atomic mass is 79.9. The van der Waals surface area contributed by atoms with Crippen LogP contribution >= 0.6 is 15.9 Å². The van der Waals surface area contributed by atoms with Crippen molar-refractivity contribution in [2.24, 2.45) is 0 Å². The van der Waals surface area contributed by atoms with Crippen LogP contribution in [0.5, 0.6) is 5.75 Å². The first-order valence-corrected chi connectivity index (χ1v) is 6.59. The molecule has 0 aliphatic rings. The SMILES string of the molecule is Cc1cc(NC(=O)C(C)Oc2ccccc2Br)n[nH]1. The molecular formula is C13H14BrN3O2. The van der Waals surface area contributed by atoms with Gasteiger partial charge in [0.15, 0.2) is 11.9 Å². The molecule has 1 aromatic heterocycles. The number of amides is 1. The number of H-pyrrole nitrogens is 1. The van der Waals surface area contributed by atoms with Crippen molar-refractivity contribution in [3.63, 3.8) is 0 Å². The zero-order chi connectivity index (χ0) is 13.8. The molecule has 100 valence electrons. The van der Waals surface area contributed by atoms with E-state index in [0.717, 1.165) is 10.2 Å². The predicted molar refractivity (Wildman–Crippen MR) is 76.2 cm³/mol. The number of rotatable bonds is 4.